The zero-order valence-corrected chi connectivity index (χ0v) is 17.2. The Balaban J connectivity index is 1.36. The van der Waals surface area contributed by atoms with Crippen molar-refractivity contribution in [3.05, 3.63) is 70.5 Å². The molecule has 158 valence electrons. The number of rotatable bonds is 3. The van der Waals surface area contributed by atoms with Gasteiger partial charge in [-0.15, -0.1) is 0 Å². The van der Waals surface area contributed by atoms with Gasteiger partial charge < -0.3 is 10.2 Å². The SMILES string of the molecule is CN1CCCc2ccc(NC(=O)c3nn(-c4ccc(F)cc4F)c4c3C[C@H]3C[C@@H]43)cc21. The van der Waals surface area contributed by atoms with Crippen molar-refractivity contribution in [3.63, 3.8) is 0 Å². The van der Waals surface area contributed by atoms with Crippen LogP contribution in [0.15, 0.2) is 36.4 Å². The highest BCUT2D eigenvalue weighted by atomic mass is 19.1. The molecule has 2 heterocycles. The summed E-state index contributed by atoms with van der Waals surface area (Å²) in [7, 11) is 2.06. The molecule has 5 nitrogen and oxygen atoms in total. The molecule has 1 N–H and O–H groups in total. The molecule has 1 aliphatic heterocycles. The average molecular weight is 420 g/mol. The summed E-state index contributed by atoms with van der Waals surface area (Å²) in [5.74, 6) is -0.821. The molecule has 0 radical (unpaired) electrons. The Morgan fingerprint density at radius 2 is 2.03 bits per heavy atom. The molecule has 0 saturated heterocycles. The Morgan fingerprint density at radius 3 is 2.87 bits per heavy atom. The van der Waals surface area contributed by atoms with E-state index in [0.717, 1.165) is 60.9 Å². The molecular weight excluding hydrogens is 398 g/mol. The minimum Gasteiger partial charge on any atom is -0.374 e. The molecule has 2 aromatic carbocycles. The highest BCUT2D eigenvalue weighted by Gasteiger charge is 2.50. The van der Waals surface area contributed by atoms with Crippen molar-refractivity contribution >= 4 is 17.3 Å². The molecule has 3 aliphatic rings. The summed E-state index contributed by atoms with van der Waals surface area (Å²) in [6.07, 6.45) is 3.97. The number of anilines is 2. The van der Waals surface area contributed by atoms with Gasteiger partial charge in [0.05, 0.1) is 5.69 Å². The van der Waals surface area contributed by atoms with Gasteiger partial charge in [-0.2, -0.15) is 5.10 Å². The summed E-state index contributed by atoms with van der Waals surface area (Å²) in [5.41, 5.74) is 5.43. The molecule has 0 spiro atoms. The van der Waals surface area contributed by atoms with Crippen molar-refractivity contribution < 1.29 is 13.6 Å². The van der Waals surface area contributed by atoms with E-state index in [-0.39, 0.29) is 11.6 Å². The molecule has 1 saturated carbocycles. The number of hydrogen-bond acceptors (Lipinski definition) is 3. The molecule has 1 aromatic heterocycles. The zero-order chi connectivity index (χ0) is 21.3. The van der Waals surface area contributed by atoms with E-state index in [4.69, 9.17) is 0 Å². The molecule has 2 aliphatic carbocycles. The third-order valence-corrected chi connectivity index (χ3v) is 6.81. The van der Waals surface area contributed by atoms with Crippen molar-refractivity contribution in [1.29, 1.82) is 0 Å². The van der Waals surface area contributed by atoms with Crippen LogP contribution in [-0.2, 0) is 12.8 Å². The lowest BCUT2D eigenvalue weighted by Crippen LogP contribution is -2.25. The van der Waals surface area contributed by atoms with E-state index in [2.05, 4.69) is 28.4 Å². The van der Waals surface area contributed by atoms with Gasteiger partial charge in [-0.1, -0.05) is 6.07 Å². The van der Waals surface area contributed by atoms with Gasteiger partial charge >= 0.3 is 0 Å². The Labute approximate surface area is 178 Å². The van der Waals surface area contributed by atoms with Gasteiger partial charge in [0.25, 0.3) is 5.91 Å². The Morgan fingerprint density at radius 1 is 1.16 bits per heavy atom. The number of halogens is 2. The second kappa shape index (κ2) is 6.64. The Hall–Kier alpha value is -3.22. The summed E-state index contributed by atoms with van der Waals surface area (Å²) in [4.78, 5) is 15.4. The van der Waals surface area contributed by atoms with Crippen LogP contribution in [0.1, 0.15) is 46.1 Å². The van der Waals surface area contributed by atoms with Crippen LogP contribution in [0.5, 0.6) is 0 Å². The number of carbonyl (C=O) groups excluding carboxylic acids is 1. The molecule has 1 fully saturated rings. The normalized spacial score (nSPS) is 20.8. The first-order valence-corrected chi connectivity index (χ1v) is 10.7. The van der Waals surface area contributed by atoms with Gasteiger partial charge in [-0.05, 0) is 61.4 Å². The van der Waals surface area contributed by atoms with Crippen LogP contribution in [0.2, 0.25) is 0 Å². The van der Waals surface area contributed by atoms with Crippen LogP contribution in [0.4, 0.5) is 20.2 Å². The number of benzene rings is 2. The molecule has 31 heavy (non-hydrogen) atoms. The molecule has 2 atom stereocenters. The number of nitrogens with zero attached hydrogens (tertiary/aromatic N) is 3. The maximum absolute atomic E-state index is 14.5. The third kappa shape index (κ3) is 2.94. The van der Waals surface area contributed by atoms with Crippen molar-refractivity contribution in [3.8, 4) is 5.69 Å². The number of aryl methyl sites for hydroxylation is 1. The van der Waals surface area contributed by atoms with E-state index >= 15 is 0 Å². The average Bonchev–Trinajstić information content (AvgIpc) is 3.24. The number of carbonyl (C=O) groups is 1. The van der Waals surface area contributed by atoms with Crippen molar-refractivity contribution in [2.75, 3.05) is 23.8 Å². The van der Waals surface area contributed by atoms with E-state index < -0.39 is 11.6 Å². The molecule has 6 rings (SSSR count). The van der Waals surface area contributed by atoms with Crippen LogP contribution in [0.3, 0.4) is 0 Å². The minimum atomic E-state index is -0.681. The van der Waals surface area contributed by atoms with Crippen LogP contribution in [-0.4, -0.2) is 29.3 Å². The summed E-state index contributed by atoms with van der Waals surface area (Å²) >= 11 is 0. The fourth-order valence-electron chi connectivity index (χ4n) is 5.16. The van der Waals surface area contributed by atoms with Crippen molar-refractivity contribution in [2.45, 2.75) is 31.6 Å². The maximum Gasteiger partial charge on any atom is 0.276 e. The van der Waals surface area contributed by atoms with Crippen molar-refractivity contribution in [1.82, 2.24) is 9.78 Å². The molecule has 1 amide bonds. The highest BCUT2D eigenvalue weighted by molar-refractivity contribution is 6.04. The van der Waals surface area contributed by atoms with E-state index in [1.54, 1.807) is 0 Å². The van der Waals surface area contributed by atoms with Crippen LogP contribution >= 0.6 is 0 Å². The predicted octanol–water partition coefficient (Wildman–Crippen LogP) is 4.44. The minimum absolute atomic E-state index is 0.180. The monoisotopic (exact) mass is 420 g/mol. The second-order valence-corrected chi connectivity index (χ2v) is 8.85. The van der Waals surface area contributed by atoms with E-state index in [1.165, 1.54) is 22.4 Å². The van der Waals surface area contributed by atoms with E-state index in [1.807, 2.05) is 12.1 Å². The molecule has 0 unspecified atom stereocenters. The third-order valence-electron chi connectivity index (χ3n) is 6.81. The first-order chi connectivity index (χ1) is 15.0. The summed E-state index contributed by atoms with van der Waals surface area (Å²) in [5, 5.41) is 7.48. The fourth-order valence-corrected chi connectivity index (χ4v) is 5.16. The largest absolute Gasteiger partial charge is 0.374 e. The second-order valence-electron chi connectivity index (χ2n) is 8.85. The first-order valence-electron chi connectivity index (χ1n) is 10.7. The zero-order valence-electron chi connectivity index (χ0n) is 17.2. The highest BCUT2D eigenvalue weighted by Crippen LogP contribution is 2.57. The quantitative estimate of drug-likeness (QED) is 0.681. The maximum atomic E-state index is 14.5. The van der Waals surface area contributed by atoms with E-state index in [9.17, 15) is 13.6 Å². The number of amides is 1. The van der Waals surface area contributed by atoms with Gasteiger partial charge in [0.2, 0.25) is 0 Å². The van der Waals surface area contributed by atoms with Gasteiger partial charge in [-0.3, -0.25) is 4.79 Å². The molecule has 3 aromatic rings. The standard InChI is InChI=1S/C24H22F2N4O/c1-29-8-2-3-13-4-6-16(12-21(13)29)27-24(31)22-18-10-14-9-17(14)23(18)30(28-22)20-7-5-15(25)11-19(20)26/h4-7,11-12,14,17H,2-3,8-10H2,1H3,(H,27,31)/t14-,17-/m1/s1. The smallest absolute Gasteiger partial charge is 0.276 e. The Kier molecular flexibility index (Phi) is 3.97. The predicted molar refractivity (Wildman–Crippen MR) is 114 cm³/mol. The number of nitrogens with one attached hydrogen (secondary N) is 1. The van der Waals surface area contributed by atoms with Crippen LogP contribution in [0.25, 0.3) is 5.69 Å². The molecule has 7 heteroatoms. The summed E-state index contributed by atoms with van der Waals surface area (Å²) < 4.78 is 29.4. The van der Waals surface area contributed by atoms with Crippen LogP contribution in [0, 0.1) is 17.6 Å². The number of aromatic nitrogens is 2. The first kappa shape index (κ1) is 18.5. The Bertz CT molecular complexity index is 1230. The topological polar surface area (TPSA) is 50.2 Å². The van der Waals surface area contributed by atoms with Crippen LogP contribution < -0.4 is 10.2 Å². The lowest BCUT2D eigenvalue weighted by molar-refractivity contribution is 0.102. The van der Waals surface area contributed by atoms with Gasteiger partial charge in [-0.25, -0.2) is 13.5 Å². The lowest BCUT2D eigenvalue weighted by atomic mass is 10.0. The molecular formula is C24H22F2N4O. The number of fused-ring (bicyclic) bond motifs is 4. The van der Waals surface area contributed by atoms with Gasteiger partial charge in [0.1, 0.15) is 11.5 Å². The van der Waals surface area contributed by atoms with Gasteiger partial charge in [0, 0.05) is 42.5 Å². The summed E-state index contributed by atoms with van der Waals surface area (Å²) in [6, 6.07) is 9.44. The fraction of sp³-hybridized carbons (Fsp3) is 0.333. The number of hydrogen-bond donors (Lipinski definition) is 1. The summed E-state index contributed by atoms with van der Waals surface area (Å²) in [6.45, 7) is 0.994. The molecule has 0 bridgehead atoms. The van der Waals surface area contributed by atoms with Crippen molar-refractivity contribution in [2.24, 2.45) is 5.92 Å². The lowest BCUT2D eigenvalue weighted by Gasteiger charge is -2.28. The van der Waals surface area contributed by atoms with E-state index in [0.29, 0.717) is 17.5 Å². The van der Waals surface area contributed by atoms with Gasteiger partial charge in [0.15, 0.2) is 11.5 Å².